The second-order valence-corrected chi connectivity index (χ2v) is 6.56. The number of amides is 2. The fraction of sp³-hybridized carbons (Fsp3) is 0.647. The van der Waals surface area contributed by atoms with Crippen LogP contribution in [-0.2, 0) is 9.53 Å². The Balaban J connectivity index is 2.40. The summed E-state index contributed by atoms with van der Waals surface area (Å²) in [5.74, 6) is 0.174. The van der Waals surface area contributed by atoms with Crippen molar-refractivity contribution in [2.45, 2.75) is 46.1 Å². The molecule has 22 heavy (non-hydrogen) atoms. The molecule has 1 N–H and O–H groups in total. The Morgan fingerprint density at radius 1 is 1.32 bits per heavy atom. The van der Waals surface area contributed by atoms with Gasteiger partial charge in [-0.05, 0) is 46.5 Å². The SMILES string of the molecule is CC=CC=CC(=O)NCC1CCCN(C(=O)OC(C)(C)C)C1. The molecule has 1 unspecified atom stereocenters. The quantitative estimate of drug-likeness (QED) is 0.642. The monoisotopic (exact) mass is 308 g/mol. The third-order valence-electron chi connectivity index (χ3n) is 3.29. The molecule has 1 rings (SSSR count). The Labute approximate surface area is 133 Å². The van der Waals surface area contributed by atoms with Crippen molar-refractivity contribution in [3.05, 3.63) is 24.3 Å². The second-order valence-electron chi connectivity index (χ2n) is 6.56. The van der Waals surface area contributed by atoms with Crippen LogP contribution in [0.3, 0.4) is 0 Å². The molecule has 0 radical (unpaired) electrons. The number of allylic oxidation sites excluding steroid dienone is 3. The highest BCUT2D eigenvalue weighted by atomic mass is 16.6. The van der Waals surface area contributed by atoms with Crippen molar-refractivity contribution in [1.82, 2.24) is 10.2 Å². The van der Waals surface area contributed by atoms with E-state index in [0.29, 0.717) is 13.1 Å². The van der Waals surface area contributed by atoms with Crippen LogP contribution in [0, 0.1) is 5.92 Å². The van der Waals surface area contributed by atoms with E-state index in [4.69, 9.17) is 4.74 Å². The van der Waals surface area contributed by atoms with Crippen molar-refractivity contribution in [2.24, 2.45) is 5.92 Å². The number of ether oxygens (including phenoxy) is 1. The van der Waals surface area contributed by atoms with Crippen LogP contribution in [0.15, 0.2) is 24.3 Å². The van der Waals surface area contributed by atoms with Gasteiger partial charge in [-0.2, -0.15) is 0 Å². The molecule has 1 atom stereocenters. The molecule has 5 nitrogen and oxygen atoms in total. The smallest absolute Gasteiger partial charge is 0.410 e. The minimum Gasteiger partial charge on any atom is -0.444 e. The van der Waals surface area contributed by atoms with Crippen molar-refractivity contribution in [3.8, 4) is 0 Å². The molecule has 0 aromatic carbocycles. The topological polar surface area (TPSA) is 58.6 Å². The molecule has 1 saturated heterocycles. The van der Waals surface area contributed by atoms with Gasteiger partial charge in [0, 0.05) is 25.7 Å². The van der Waals surface area contributed by atoms with E-state index >= 15 is 0 Å². The summed E-state index contributed by atoms with van der Waals surface area (Å²) in [6, 6.07) is 0. The van der Waals surface area contributed by atoms with Gasteiger partial charge in [-0.15, -0.1) is 0 Å². The standard InChI is InChI=1S/C17H28N2O3/c1-5-6-7-10-15(20)18-12-14-9-8-11-19(13-14)16(21)22-17(2,3)4/h5-7,10,14H,8-9,11-13H2,1-4H3,(H,18,20). The highest BCUT2D eigenvalue weighted by Crippen LogP contribution is 2.18. The molecule has 2 amide bonds. The molecule has 0 saturated carbocycles. The van der Waals surface area contributed by atoms with Crippen LogP contribution in [0.2, 0.25) is 0 Å². The van der Waals surface area contributed by atoms with E-state index < -0.39 is 5.60 Å². The predicted molar refractivity (Wildman–Crippen MR) is 87.5 cm³/mol. The first-order chi connectivity index (χ1) is 10.3. The molecule has 1 heterocycles. The van der Waals surface area contributed by atoms with Crippen molar-refractivity contribution in [2.75, 3.05) is 19.6 Å². The molecule has 1 aliphatic rings. The van der Waals surface area contributed by atoms with Gasteiger partial charge in [-0.1, -0.05) is 18.2 Å². The average molecular weight is 308 g/mol. The molecule has 124 valence electrons. The zero-order valence-electron chi connectivity index (χ0n) is 14.1. The van der Waals surface area contributed by atoms with Gasteiger partial charge in [0.1, 0.15) is 5.60 Å². The van der Waals surface area contributed by atoms with Crippen LogP contribution in [0.4, 0.5) is 4.79 Å². The Morgan fingerprint density at radius 2 is 2.05 bits per heavy atom. The van der Waals surface area contributed by atoms with Crippen LogP contribution >= 0.6 is 0 Å². The number of nitrogens with zero attached hydrogens (tertiary/aromatic N) is 1. The van der Waals surface area contributed by atoms with E-state index in [9.17, 15) is 9.59 Å². The zero-order valence-corrected chi connectivity index (χ0v) is 14.1. The maximum Gasteiger partial charge on any atom is 0.410 e. The Morgan fingerprint density at radius 3 is 2.68 bits per heavy atom. The van der Waals surface area contributed by atoms with Crippen LogP contribution in [0.1, 0.15) is 40.5 Å². The molecule has 5 heteroatoms. The van der Waals surface area contributed by atoms with Gasteiger partial charge in [-0.3, -0.25) is 4.79 Å². The average Bonchev–Trinajstić information content (AvgIpc) is 2.44. The van der Waals surface area contributed by atoms with E-state index in [1.807, 2.05) is 39.8 Å². The fourth-order valence-electron chi connectivity index (χ4n) is 2.28. The molecule has 1 aliphatic heterocycles. The zero-order chi connectivity index (χ0) is 16.6. The minimum absolute atomic E-state index is 0.104. The van der Waals surface area contributed by atoms with Crippen molar-refractivity contribution in [1.29, 1.82) is 0 Å². The summed E-state index contributed by atoms with van der Waals surface area (Å²) in [6.07, 6.45) is 8.58. The lowest BCUT2D eigenvalue weighted by Gasteiger charge is -2.34. The molecule has 1 fully saturated rings. The van der Waals surface area contributed by atoms with E-state index in [1.54, 1.807) is 11.0 Å². The lowest BCUT2D eigenvalue weighted by atomic mass is 9.98. The summed E-state index contributed by atoms with van der Waals surface area (Å²) in [7, 11) is 0. The largest absolute Gasteiger partial charge is 0.444 e. The van der Waals surface area contributed by atoms with E-state index in [1.165, 1.54) is 6.08 Å². The van der Waals surface area contributed by atoms with E-state index in [-0.39, 0.29) is 17.9 Å². The lowest BCUT2D eigenvalue weighted by Crippen LogP contribution is -2.45. The van der Waals surface area contributed by atoms with Crippen LogP contribution < -0.4 is 5.32 Å². The molecule has 0 aromatic rings. The van der Waals surface area contributed by atoms with Crippen LogP contribution in [0.5, 0.6) is 0 Å². The number of hydrogen-bond donors (Lipinski definition) is 1. The van der Waals surface area contributed by atoms with Gasteiger partial charge in [0.15, 0.2) is 0 Å². The first kappa shape index (κ1) is 18.3. The highest BCUT2D eigenvalue weighted by molar-refractivity contribution is 5.87. The van der Waals surface area contributed by atoms with Gasteiger partial charge >= 0.3 is 6.09 Å². The third kappa shape index (κ3) is 7.29. The lowest BCUT2D eigenvalue weighted by molar-refractivity contribution is -0.116. The minimum atomic E-state index is -0.476. The summed E-state index contributed by atoms with van der Waals surface area (Å²) in [6.45, 7) is 9.43. The number of rotatable bonds is 4. The van der Waals surface area contributed by atoms with Gasteiger partial charge in [0.25, 0.3) is 0 Å². The molecule has 0 aromatic heterocycles. The molecule has 0 aliphatic carbocycles. The summed E-state index contributed by atoms with van der Waals surface area (Å²) < 4.78 is 5.40. The number of hydrogen-bond acceptors (Lipinski definition) is 3. The normalized spacial score (nSPS) is 19.6. The first-order valence-corrected chi connectivity index (χ1v) is 7.87. The number of nitrogens with one attached hydrogen (secondary N) is 1. The van der Waals surface area contributed by atoms with E-state index in [0.717, 1.165) is 19.4 Å². The third-order valence-corrected chi connectivity index (χ3v) is 3.29. The van der Waals surface area contributed by atoms with Gasteiger partial charge < -0.3 is 15.0 Å². The summed E-state index contributed by atoms with van der Waals surface area (Å²) >= 11 is 0. The summed E-state index contributed by atoms with van der Waals surface area (Å²) in [5.41, 5.74) is -0.476. The Kier molecular flexibility index (Phi) is 7.15. The maximum atomic E-state index is 12.1. The van der Waals surface area contributed by atoms with Crippen molar-refractivity contribution >= 4 is 12.0 Å². The maximum absolute atomic E-state index is 12.1. The first-order valence-electron chi connectivity index (χ1n) is 7.87. The fourth-order valence-corrected chi connectivity index (χ4v) is 2.28. The summed E-state index contributed by atoms with van der Waals surface area (Å²) in [5, 5.41) is 2.88. The molecule has 0 spiro atoms. The Hall–Kier alpha value is -1.78. The van der Waals surface area contributed by atoms with E-state index in [2.05, 4.69) is 5.32 Å². The molecular formula is C17H28N2O3. The number of carbonyl (C=O) groups is 2. The molecular weight excluding hydrogens is 280 g/mol. The van der Waals surface area contributed by atoms with Gasteiger partial charge in [0.2, 0.25) is 5.91 Å². The number of carbonyl (C=O) groups excluding carboxylic acids is 2. The number of piperidine rings is 1. The highest BCUT2D eigenvalue weighted by Gasteiger charge is 2.27. The van der Waals surface area contributed by atoms with Crippen molar-refractivity contribution in [3.63, 3.8) is 0 Å². The predicted octanol–water partition coefficient (Wildman–Crippen LogP) is 2.88. The van der Waals surface area contributed by atoms with Gasteiger partial charge in [-0.25, -0.2) is 4.79 Å². The number of likely N-dealkylation sites (tertiary alicyclic amines) is 1. The van der Waals surface area contributed by atoms with Crippen LogP contribution in [0.25, 0.3) is 0 Å². The molecule has 0 bridgehead atoms. The van der Waals surface area contributed by atoms with Crippen LogP contribution in [-0.4, -0.2) is 42.1 Å². The Bertz CT molecular complexity index is 436. The van der Waals surface area contributed by atoms with Gasteiger partial charge in [0.05, 0.1) is 0 Å². The summed E-state index contributed by atoms with van der Waals surface area (Å²) in [4.78, 5) is 25.4. The van der Waals surface area contributed by atoms with Crippen molar-refractivity contribution < 1.29 is 14.3 Å². The second kappa shape index (κ2) is 8.61.